The molecule has 18 heavy (non-hydrogen) atoms. The average Bonchev–Trinajstić information content (AvgIpc) is 2.34. The Hall–Kier alpha value is -1.14. The number of hydrogen-bond acceptors (Lipinski definition) is 2. The highest BCUT2D eigenvalue weighted by molar-refractivity contribution is 14.1. The molecule has 2 nitrogen and oxygen atoms in total. The molecular formula is C14H12FIO2. The minimum Gasteiger partial charge on any atom is -0.457 e. The van der Waals surface area contributed by atoms with Crippen LogP contribution in [0.15, 0.2) is 42.5 Å². The van der Waals surface area contributed by atoms with E-state index < -0.39 is 6.10 Å². The maximum absolute atomic E-state index is 13.1. The molecule has 1 N–H and O–H groups in total. The Balaban J connectivity index is 2.31. The highest BCUT2D eigenvalue weighted by atomic mass is 127. The van der Waals surface area contributed by atoms with Crippen LogP contribution in [0.4, 0.5) is 4.39 Å². The summed E-state index contributed by atoms with van der Waals surface area (Å²) in [5, 5.41) is 9.60. The maximum atomic E-state index is 13.1. The maximum Gasteiger partial charge on any atom is 0.133 e. The third kappa shape index (κ3) is 3.20. The third-order valence-electron chi connectivity index (χ3n) is 2.46. The van der Waals surface area contributed by atoms with Crippen molar-refractivity contribution in [3.05, 3.63) is 57.4 Å². The Kier molecular flexibility index (Phi) is 4.19. The van der Waals surface area contributed by atoms with E-state index in [-0.39, 0.29) is 5.82 Å². The van der Waals surface area contributed by atoms with Crippen LogP contribution in [-0.2, 0) is 0 Å². The first-order valence-electron chi connectivity index (χ1n) is 5.47. The van der Waals surface area contributed by atoms with Gasteiger partial charge in [0.15, 0.2) is 0 Å². The molecule has 0 aliphatic rings. The molecule has 0 amide bonds. The molecule has 0 radical (unpaired) electrons. The molecule has 0 saturated heterocycles. The molecule has 94 valence electrons. The van der Waals surface area contributed by atoms with Gasteiger partial charge in [-0.1, -0.05) is 0 Å². The topological polar surface area (TPSA) is 29.5 Å². The Morgan fingerprint density at radius 2 is 1.83 bits per heavy atom. The van der Waals surface area contributed by atoms with Crippen molar-refractivity contribution in [2.45, 2.75) is 13.0 Å². The molecule has 4 heteroatoms. The van der Waals surface area contributed by atoms with Crippen LogP contribution in [0, 0.1) is 9.39 Å². The van der Waals surface area contributed by atoms with Gasteiger partial charge in [0.05, 0.1) is 6.10 Å². The summed E-state index contributed by atoms with van der Waals surface area (Å²) in [7, 11) is 0. The fraction of sp³-hybridized carbons (Fsp3) is 0.143. The van der Waals surface area contributed by atoms with Gasteiger partial charge < -0.3 is 9.84 Å². The van der Waals surface area contributed by atoms with Gasteiger partial charge in [-0.05, 0) is 72.0 Å². The zero-order chi connectivity index (χ0) is 13.1. The van der Waals surface area contributed by atoms with E-state index in [9.17, 15) is 9.50 Å². The molecule has 2 aromatic carbocycles. The number of benzene rings is 2. The van der Waals surface area contributed by atoms with Gasteiger partial charge in [0.1, 0.15) is 17.3 Å². The van der Waals surface area contributed by atoms with Crippen molar-refractivity contribution in [3.8, 4) is 11.5 Å². The van der Waals surface area contributed by atoms with Crippen LogP contribution in [-0.4, -0.2) is 5.11 Å². The SMILES string of the molecule is C[C@H](O)c1cc(F)ccc1Oc1ccc(I)cc1. The lowest BCUT2D eigenvalue weighted by Gasteiger charge is -2.13. The summed E-state index contributed by atoms with van der Waals surface area (Å²) in [5.41, 5.74) is 0.438. The first kappa shape index (κ1) is 13.3. The summed E-state index contributed by atoms with van der Waals surface area (Å²) in [4.78, 5) is 0. The standard InChI is InChI=1S/C14H12FIO2/c1-9(17)13-8-10(15)2-7-14(13)18-12-5-3-11(16)4-6-12/h2-9,17H,1H3/t9-/m0/s1. The van der Waals surface area contributed by atoms with E-state index in [1.807, 2.05) is 24.3 Å². The lowest BCUT2D eigenvalue weighted by atomic mass is 10.1. The molecular weight excluding hydrogens is 346 g/mol. The van der Waals surface area contributed by atoms with E-state index in [0.717, 1.165) is 3.57 Å². The Morgan fingerprint density at radius 1 is 1.17 bits per heavy atom. The number of hydrogen-bond donors (Lipinski definition) is 1. The van der Waals surface area contributed by atoms with Crippen LogP contribution in [0.5, 0.6) is 11.5 Å². The van der Waals surface area contributed by atoms with Crippen LogP contribution < -0.4 is 4.74 Å². The van der Waals surface area contributed by atoms with Gasteiger partial charge in [-0.2, -0.15) is 0 Å². The molecule has 0 saturated carbocycles. The van der Waals surface area contributed by atoms with Gasteiger partial charge in [-0.25, -0.2) is 4.39 Å². The van der Waals surface area contributed by atoms with E-state index >= 15 is 0 Å². The Bertz CT molecular complexity index is 538. The van der Waals surface area contributed by atoms with Gasteiger partial charge in [-0.3, -0.25) is 0 Å². The first-order chi connectivity index (χ1) is 8.56. The Labute approximate surface area is 119 Å². The molecule has 0 aliphatic carbocycles. The second-order valence-corrected chi connectivity index (χ2v) is 5.16. The summed E-state index contributed by atoms with van der Waals surface area (Å²) in [6.45, 7) is 1.58. The van der Waals surface area contributed by atoms with Crippen LogP contribution in [0.25, 0.3) is 0 Å². The number of aliphatic hydroxyl groups is 1. The van der Waals surface area contributed by atoms with E-state index in [4.69, 9.17) is 4.74 Å². The normalized spacial score (nSPS) is 12.2. The molecule has 0 aliphatic heterocycles. The molecule has 2 rings (SSSR count). The van der Waals surface area contributed by atoms with E-state index in [0.29, 0.717) is 17.1 Å². The fourth-order valence-electron chi connectivity index (χ4n) is 1.57. The minimum atomic E-state index is -0.778. The van der Waals surface area contributed by atoms with Gasteiger partial charge in [0.25, 0.3) is 0 Å². The van der Waals surface area contributed by atoms with Gasteiger partial charge in [-0.15, -0.1) is 0 Å². The molecule has 0 unspecified atom stereocenters. The van der Waals surface area contributed by atoms with Crippen molar-refractivity contribution in [2.75, 3.05) is 0 Å². The molecule has 0 heterocycles. The lowest BCUT2D eigenvalue weighted by Crippen LogP contribution is -1.97. The number of aliphatic hydroxyl groups excluding tert-OH is 1. The van der Waals surface area contributed by atoms with E-state index in [1.54, 1.807) is 6.92 Å². The highest BCUT2D eigenvalue weighted by Gasteiger charge is 2.11. The molecule has 0 fully saturated rings. The zero-order valence-electron chi connectivity index (χ0n) is 9.73. The van der Waals surface area contributed by atoms with Gasteiger partial charge >= 0.3 is 0 Å². The van der Waals surface area contributed by atoms with Gasteiger partial charge in [0, 0.05) is 9.13 Å². The van der Waals surface area contributed by atoms with Crippen molar-refractivity contribution in [3.63, 3.8) is 0 Å². The smallest absolute Gasteiger partial charge is 0.133 e. The number of halogens is 2. The summed E-state index contributed by atoms with van der Waals surface area (Å²) >= 11 is 2.20. The zero-order valence-corrected chi connectivity index (χ0v) is 11.9. The molecule has 0 bridgehead atoms. The van der Waals surface area contributed by atoms with Crippen molar-refractivity contribution in [1.29, 1.82) is 0 Å². The summed E-state index contributed by atoms with van der Waals surface area (Å²) in [6, 6.07) is 11.6. The monoisotopic (exact) mass is 358 g/mol. The first-order valence-corrected chi connectivity index (χ1v) is 6.55. The van der Waals surface area contributed by atoms with E-state index in [2.05, 4.69) is 22.6 Å². The Morgan fingerprint density at radius 3 is 2.44 bits per heavy atom. The molecule has 0 spiro atoms. The number of ether oxygens (including phenoxy) is 1. The third-order valence-corrected chi connectivity index (χ3v) is 3.18. The van der Waals surface area contributed by atoms with E-state index in [1.165, 1.54) is 18.2 Å². The van der Waals surface area contributed by atoms with Crippen molar-refractivity contribution in [2.24, 2.45) is 0 Å². The average molecular weight is 358 g/mol. The van der Waals surface area contributed by atoms with Crippen LogP contribution in [0.3, 0.4) is 0 Å². The van der Waals surface area contributed by atoms with Crippen LogP contribution in [0.2, 0.25) is 0 Å². The minimum absolute atomic E-state index is 0.388. The lowest BCUT2D eigenvalue weighted by molar-refractivity contribution is 0.195. The second kappa shape index (κ2) is 5.67. The molecule has 1 atom stereocenters. The number of rotatable bonds is 3. The summed E-state index contributed by atoms with van der Waals surface area (Å²) in [5.74, 6) is 0.734. The predicted molar refractivity (Wildman–Crippen MR) is 76.3 cm³/mol. The van der Waals surface area contributed by atoms with Crippen LogP contribution >= 0.6 is 22.6 Å². The van der Waals surface area contributed by atoms with Crippen molar-refractivity contribution < 1.29 is 14.2 Å². The summed E-state index contributed by atoms with van der Waals surface area (Å²) < 4.78 is 19.9. The summed E-state index contributed by atoms with van der Waals surface area (Å²) in [6.07, 6.45) is -0.778. The highest BCUT2D eigenvalue weighted by Crippen LogP contribution is 2.30. The van der Waals surface area contributed by atoms with Crippen molar-refractivity contribution >= 4 is 22.6 Å². The molecule has 0 aromatic heterocycles. The molecule has 2 aromatic rings. The second-order valence-electron chi connectivity index (χ2n) is 3.91. The predicted octanol–water partition coefficient (Wildman–Crippen LogP) is 4.28. The van der Waals surface area contributed by atoms with Crippen LogP contribution in [0.1, 0.15) is 18.6 Å². The van der Waals surface area contributed by atoms with Crippen molar-refractivity contribution in [1.82, 2.24) is 0 Å². The van der Waals surface area contributed by atoms with Gasteiger partial charge in [0.2, 0.25) is 0 Å². The fourth-order valence-corrected chi connectivity index (χ4v) is 1.93. The largest absolute Gasteiger partial charge is 0.457 e. The quantitative estimate of drug-likeness (QED) is 0.831.